The number of rotatable bonds is 18. The van der Waals surface area contributed by atoms with Gasteiger partial charge in [-0.2, -0.15) is 0 Å². The van der Waals surface area contributed by atoms with Crippen LogP contribution in [0.4, 0.5) is 11.4 Å². The van der Waals surface area contributed by atoms with Gasteiger partial charge in [-0.15, -0.1) is 11.8 Å². The first-order valence-corrected chi connectivity index (χ1v) is 12.1. The van der Waals surface area contributed by atoms with Crippen LogP contribution in [0.15, 0.2) is 23.1 Å². The number of unbranched alkanes of at least 4 members (excludes halogenated alkanes) is 13. The van der Waals surface area contributed by atoms with Crippen molar-refractivity contribution in [3.63, 3.8) is 0 Å². The highest BCUT2D eigenvalue weighted by Gasteiger charge is 2.19. The number of non-ortho nitro benzene ring substituents is 1. The Kier molecular flexibility index (Phi) is 14.2. The predicted molar refractivity (Wildman–Crippen MR) is 121 cm³/mol. The van der Waals surface area contributed by atoms with Crippen molar-refractivity contribution in [2.24, 2.45) is 0 Å². The summed E-state index contributed by atoms with van der Waals surface area (Å²) in [7, 11) is 0. The molecule has 1 rings (SSSR count). The first-order chi connectivity index (χ1) is 14.1. The van der Waals surface area contributed by atoms with Crippen molar-refractivity contribution < 1.29 is 9.85 Å². The summed E-state index contributed by atoms with van der Waals surface area (Å²) in [6, 6.07) is 3.87. The van der Waals surface area contributed by atoms with E-state index in [0.29, 0.717) is 4.90 Å². The Morgan fingerprint density at radius 3 is 1.66 bits per heavy atom. The van der Waals surface area contributed by atoms with E-state index >= 15 is 0 Å². The second kappa shape index (κ2) is 16.2. The molecule has 0 fully saturated rings. The Hall–Kier alpha value is -1.63. The average molecular weight is 425 g/mol. The standard InChI is InChI=1S/C22H36N2O4S/c1-2-3-4-5-6-7-8-9-10-11-12-13-14-15-18-29-22-17-16-20(23(25)26)19-21(22)24(27)28/h16-17,19H,2-15,18H2,1H3. The fourth-order valence-corrected chi connectivity index (χ4v) is 4.38. The minimum absolute atomic E-state index is 0.172. The van der Waals surface area contributed by atoms with E-state index in [1.54, 1.807) is 0 Å². The van der Waals surface area contributed by atoms with Gasteiger partial charge in [-0.05, 0) is 18.2 Å². The van der Waals surface area contributed by atoms with Crippen LogP contribution in [0.25, 0.3) is 0 Å². The molecule has 0 N–H and O–H groups in total. The third-order valence-electron chi connectivity index (χ3n) is 5.11. The molecule has 0 aliphatic carbocycles. The van der Waals surface area contributed by atoms with Gasteiger partial charge in [0.25, 0.3) is 11.4 Å². The van der Waals surface area contributed by atoms with E-state index in [4.69, 9.17) is 0 Å². The molecular formula is C22H36N2O4S. The van der Waals surface area contributed by atoms with E-state index in [1.165, 1.54) is 101 Å². The van der Waals surface area contributed by atoms with Crippen molar-refractivity contribution in [2.75, 3.05) is 5.75 Å². The number of nitrogens with zero attached hydrogens (tertiary/aromatic N) is 2. The largest absolute Gasteiger partial charge is 0.289 e. The van der Waals surface area contributed by atoms with Gasteiger partial charge < -0.3 is 0 Å². The number of hydrogen-bond donors (Lipinski definition) is 0. The average Bonchev–Trinajstić information content (AvgIpc) is 2.70. The van der Waals surface area contributed by atoms with Crippen LogP contribution in [0, 0.1) is 20.2 Å². The molecule has 6 nitrogen and oxygen atoms in total. The zero-order valence-electron chi connectivity index (χ0n) is 17.8. The van der Waals surface area contributed by atoms with E-state index in [2.05, 4.69) is 6.92 Å². The molecule has 0 amide bonds. The second-order valence-electron chi connectivity index (χ2n) is 7.61. The van der Waals surface area contributed by atoms with E-state index in [-0.39, 0.29) is 11.4 Å². The van der Waals surface area contributed by atoms with Crippen molar-refractivity contribution >= 4 is 23.1 Å². The Morgan fingerprint density at radius 1 is 0.724 bits per heavy atom. The van der Waals surface area contributed by atoms with Crippen molar-refractivity contribution in [2.45, 2.75) is 102 Å². The van der Waals surface area contributed by atoms with Gasteiger partial charge >= 0.3 is 0 Å². The molecular weight excluding hydrogens is 388 g/mol. The van der Waals surface area contributed by atoms with Gasteiger partial charge in [-0.3, -0.25) is 20.2 Å². The fourth-order valence-electron chi connectivity index (χ4n) is 3.36. The van der Waals surface area contributed by atoms with Gasteiger partial charge in [0.2, 0.25) is 0 Å². The van der Waals surface area contributed by atoms with Crippen LogP contribution >= 0.6 is 11.8 Å². The van der Waals surface area contributed by atoms with Crippen molar-refractivity contribution in [1.82, 2.24) is 0 Å². The highest BCUT2D eigenvalue weighted by Crippen LogP contribution is 2.33. The third kappa shape index (κ3) is 11.8. The number of benzene rings is 1. The summed E-state index contributed by atoms with van der Waals surface area (Å²) in [5.74, 6) is 0.802. The first-order valence-electron chi connectivity index (χ1n) is 11.1. The molecule has 0 heterocycles. The maximum absolute atomic E-state index is 11.1. The number of nitro benzene ring substituents is 2. The van der Waals surface area contributed by atoms with Crippen molar-refractivity contribution in [1.29, 1.82) is 0 Å². The SMILES string of the molecule is CCCCCCCCCCCCCCCCSc1ccc([N+](=O)[O-])cc1[N+](=O)[O-]. The number of nitro groups is 2. The smallest absolute Gasteiger partial charge is 0.258 e. The molecule has 0 spiro atoms. The summed E-state index contributed by atoms with van der Waals surface area (Å²) in [5, 5.41) is 21.9. The lowest BCUT2D eigenvalue weighted by Gasteiger charge is -2.04. The van der Waals surface area contributed by atoms with Crippen LogP contribution in [0.2, 0.25) is 0 Å². The van der Waals surface area contributed by atoms with Crippen molar-refractivity contribution in [3.05, 3.63) is 38.4 Å². The molecule has 7 heteroatoms. The summed E-state index contributed by atoms with van der Waals surface area (Å²) in [5.41, 5.74) is -0.410. The van der Waals surface area contributed by atoms with Crippen LogP contribution in [0.3, 0.4) is 0 Å². The van der Waals surface area contributed by atoms with Crippen molar-refractivity contribution in [3.8, 4) is 0 Å². The molecule has 0 aliphatic rings. The zero-order chi connectivity index (χ0) is 21.3. The lowest BCUT2D eigenvalue weighted by Crippen LogP contribution is -1.95. The molecule has 0 saturated carbocycles. The zero-order valence-corrected chi connectivity index (χ0v) is 18.6. The molecule has 0 atom stereocenters. The molecule has 164 valence electrons. The Bertz CT molecular complexity index is 610. The quantitative estimate of drug-likeness (QED) is 0.103. The Morgan fingerprint density at radius 2 is 1.21 bits per heavy atom. The molecule has 1 aromatic carbocycles. The maximum atomic E-state index is 11.1. The van der Waals surface area contributed by atoms with E-state index in [1.807, 2.05) is 0 Å². The first kappa shape index (κ1) is 25.4. The Balaban J connectivity index is 2.03. The maximum Gasteiger partial charge on any atom is 0.289 e. The van der Waals surface area contributed by atoms with Crippen LogP contribution in [-0.2, 0) is 0 Å². The minimum Gasteiger partial charge on any atom is -0.258 e. The normalized spacial score (nSPS) is 10.9. The van der Waals surface area contributed by atoms with Crippen LogP contribution in [-0.4, -0.2) is 15.6 Å². The fraction of sp³-hybridized carbons (Fsp3) is 0.727. The van der Waals surface area contributed by atoms with Gasteiger partial charge in [0, 0.05) is 6.07 Å². The summed E-state index contributed by atoms with van der Waals surface area (Å²) >= 11 is 1.42. The van der Waals surface area contributed by atoms with Gasteiger partial charge in [0.1, 0.15) is 0 Å². The lowest BCUT2D eigenvalue weighted by atomic mass is 10.0. The summed E-state index contributed by atoms with van der Waals surface area (Å²) in [6.07, 6.45) is 18.2. The molecule has 0 bridgehead atoms. The third-order valence-corrected chi connectivity index (χ3v) is 6.25. The molecule has 1 aromatic rings. The molecule has 29 heavy (non-hydrogen) atoms. The second-order valence-corrected chi connectivity index (χ2v) is 8.75. The van der Waals surface area contributed by atoms with E-state index in [9.17, 15) is 20.2 Å². The molecule has 0 aromatic heterocycles. The number of hydrogen-bond acceptors (Lipinski definition) is 5. The minimum atomic E-state index is -0.602. The molecule has 0 radical (unpaired) electrons. The van der Waals surface area contributed by atoms with Gasteiger partial charge in [0.15, 0.2) is 0 Å². The van der Waals surface area contributed by atoms with Gasteiger partial charge in [-0.25, -0.2) is 0 Å². The monoisotopic (exact) mass is 424 g/mol. The van der Waals surface area contributed by atoms with E-state index in [0.717, 1.165) is 24.7 Å². The molecule has 0 unspecified atom stereocenters. The van der Waals surface area contributed by atoms with Crippen LogP contribution in [0.1, 0.15) is 96.8 Å². The predicted octanol–water partition coefficient (Wildman–Crippen LogP) is 8.08. The lowest BCUT2D eigenvalue weighted by molar-refractivity contribution is -0.396. The Labute approximate surface area is 179 Å². The molecule has 0 saturated heterocycles. The topological polar surface area (TPSA) is 86.3 Å². The van der Waals surface area contributed by atoms with E-state index < -0.39 is 9.85 Å². The van der Waals surface area contributed by atoms with Gasteiger partial charge in [0.05, 0.1) is 20.8 Å². The van der Waals surface area contributed by atoms with Crippen LogP contribution in [0.5, 0.6) is 0 Å². The summed E-state index contributed by atoms with van der Waals surface area (Å²) in [6.45, 7) is 2.25. The van der Waals surface area contributed by atoms with Gasteiger partial charge in [-0.1, -0.05) is 90.4 Å². The number of thioether (sulfide) groups is 1. The van der Waals surface area contributed by atoms with Crippen LogP contribution < -0.4 is 0 Å². The highest BCUT2D eigenvalue weighted by molar-refractivity contribution is 7.99. The molecule has 0 aliphatic heterocycles. The highest BCUT2D eigenvalue weighted by atomic mass is 32.2. The summed E-state index contributed by atoms with van der Waals surface area (Å²) in [4.78, 5) is 21.3. The summed E-state index contributed by atoms with van der Waals surface area (Å²) < 4.78 is 0.